The Balaban J connectivity index is 0.000000127. The van der Waals surface area contributed by atoms with Crippen molar-refractivity contribution in [2.75, 3.05) is 0 Å². The number of aromatic nitrogens is 6. The minimum atomic E-state index is 0.854. The number of fused-ring (bicyclic) bond motifs is 14. The number of hydrogen-bond acceptors (Lipinski definition) is 4. The predicted molar refractivity (Wildman–Crippen MR) is 401 cm³/mol. The molecule has 14 aromatic carbocycles. The summed E-state index contributed by atoms with van der Waals surface area (Å²) in [4.78, 5) is 9.74. The van der Waals surface area contributed by atoms with E-state index in [1.54, 1.807) is 0 Å². The summed E-state index contributed by atoms with van der Waals surface area (Å²) in [6.45, 7) is 0. The van der Waals surface area contributed by atoms with E-state index in [1.165, 1.54) is 58.3 Å². The van der Waals surface area contributed by atoms with Gasteiger partial charge in [0.25, 0.3) is 0 Å². The molecule has 0 bridgehead atoms. The molecule has 20 rings (SSSR count). The van der Waals surface area contributed by atoms with Gasteiger partial charge in [-0.25, -0.2) is 9.97 Å². The minimum Gasteiger partial charge on any atom is -0.456 e. The first-order chi connectivity index (χ1) is 47.0. The van der Waals surface area contributed by atoms with Gasteiger partial charge >= 0.3 is 0 Å². The number of furan rings is 2. The molecule has 6 heterocycles. The molecule has 0 aliphatic carbocycles. The molecule has 0 radical (unpaired) electrons. The van der Waals surface area contributed by atoms with Crippen molar-refractivity contribution in [3.63, 3.8) is 0 Å². The molecule has 448 valence electrons. The lowest BCUT2D eigenvalue weighted by Crippen LogP contribution is -1.98. The van der Waals surface area contributed by atoms with Gasteiger partial charge in [0.2, 0.25) is 0 Å². The summed E-state index contributed by atoms with van der Waals surface area (Å²) in [5.74, 6) is 0.907. The van der Waals surface area contributed by atoms with Crippen LogP contribution in [0.2, 0.25) is 0 Å². The summed E-state index contributed by atoms with van der Waals surface area (Å²) in [5.41, 5.74) is 22.5. The maximum atomic E-state index is 6.48. The number of halogens is 1. The summed E-state index contributed by atoms with van der Waals surface area (Å²) in [6.07, 6.45) is 1.90. The van der Waals surface area contributed by atoms with Crippen molar-refractivity contribution in [1.82, 2.24) is 28.2 Å². The molecule has 20 aromatic rings. The average molecular weight is 1330 g/mol. The molecule has 0 saturated heterocycles. The lowest BCUT2D eigenvalue weighted by Gasteiger charge is -2.11. The topological polar surface area (TPSA) is 71.8 Å². The number of imidazole rings is 2. The molecular formula is C86H55IN6O2. The fraction of sp³-hybridized carbons (Fsp3) is 0. The van der Waals surface area contributed by atoms with Gasteiger partial charge in [-0.15, -0.1) is 0 Å². The van der Waals surface area contributed by atoms with Crippen molar-refractivity contribution in [1.29, 1.82) is 0 Å². The molecule has 95 heavy (non-hydrogen) atoms. The third-order valence-corrected chi connectivity index (χ3v) is 19.0. The monoisotopic (exact) mass is 1330 g/mol. The standard InChI is InChI=1S/C43H27N3O.C37H23N3O.C6H5I/c1-3-12-28(13-4-1)43-44-35-17-8-10-19-38(35)46(43)39-20-11-21-41-42(39)34-27-30(23-25-40(34)47-41)29-22-24-37-33(26-29)32-16-7-9-18-36(32)45(37)31-14-5-2-6-15-31;1-2-9-26(10-3-1)40-31-13-6-4-11-27(31)28-21-24(17-19-32(28)40)25-18-20-35-29(22-25)37-34(15-8-16-36(37)41-35)39-23-38-30-12-5-7-14-33(30)39;7-6-4-2-1-3-5-6/h1-27H;1-23H;1-5H. The predicted octanol–water partition coefficient (Wildman–Crippen LogP) is 23.3. The Morgan fingerprint density at radius 3 is 1.23 bits per heavy atom. The molecular weight excluding hydrogens is 1280 g/mol. The SMILES string of the molecule is Ic1ccccc1.c1ccc(-c2nc3ccccc3n2-c2cccc3oc4ccc(-c5ccc6c(c5)c5ccccc5n6-c5ccccc5)cc4c23)cc1.c1ccc(-n2c3ccccc3c3cc(-c4ccc5oc6cccc(-n7cnc8ccccc87)c6c5c4)ccc32)cc1. The fourth-order valence-corrected chi connectivity index (χ4v) is 14.4. The quantitative estimate of drug-likeness (QED) is 0.149. The van der Waals surface area contributed by atoms with E-state index in [0.29, 0.717) is 0 Å². The van der Waals surface area contributed by atoms with Crippen LogP contribution in [0.25, 0.3) is 166 Å². The van der Waals surface area contributed by atoms with Crippen LogP contribution in [0.4, 0.5) is 0 Å². The second kappa shape index (κ2) is 23.3. The first-order valence-electron chi connectivity index (χ1n) is 31.8. The molecule has 0 aliphatic rings. The zero-order valence-corrected chi connectivity index (χ0v) is 53.3. The van der Waals surface area contributed by atoms with Crippen LogP contribution in [-0.4, -0.2) is 28.2 Å². The highest BCUT2D eigenvalue weighted by atomic mass is 127. The Hall–Kier alpha value is -12.1. The number of hydrogen-bond donors (Lipinski definition) is 0. The van der Waals surface area contributed by atoms with Crippen LogP contribution in [0, 0.1) is 3.57 Å². The number of para-hydroxylation sites is 8. The molecule has 8 nitrogen and oxygen atoms in total. The maximum Gasteiger partial charge on any atom is 0.145 e. The molecule has 0 fully saturated rings. The Kier molecular flexibility index (Phi) is 13.7. The molecule has 0 saturated carbocycles. The van der Waals surface area contributed by atoms with Crippen molar-refractivity contribution >= 4 is 132 Å². The molecule has 6 aromatic heterocycles. The highest BCUT2D eigenvalue weighted by molar-refractivity contribution is 14.1. The van der Waals surface area contributed by atoms with Gasteiger partial charge in [0.1, 0.15) is 34.5 Å². The molecule has 9 heteroatoms. The van der Waals surface area contributed by atoms with Gasteiger partial charge in [0, 0.05) is 52.8 Å². The zero-order chi connectivity index (χ0) is 62.9. The Labute approximate surface area is 559 Å². The fourth-order valence-electron chi connectivity index (χ4n) is 14.0. The molecule has 0 unspecified atom stereocenters. The van der Waals surface area contributed by atoms with E-state index in [1.807, 2.05) is 60.9 Å². The first-order valence-corrected chi connectivity index (χ1v) is 32.9. The summed E-state index contributed by atoms with van der Waals surface area (Å²) >= 11 is 2.28. The smallest absolute Gasteiger partial charge is 0.145 e. The molecule has 0 atom stereocenters. The summed E-state index contributed by atoms with van der Waals surface area (Å²) in [5, 5.41) is 9.31. The average Bonchev–Trinajstić information content (AvgIpc) is 1.60. The van der Waals surface area contributed by atoms with Crippen LogP contribution in [0.5, 0.6) is 0 Å². The Morgan fingerprint density at radius 1 is 0.274 bits per heavy atom. The molecule has 0 aliphatic heterocycles. The van der Waals surface area contributed by atoms with Crippen LogP contribution in [0.3, 0.4) is 0 Å². The van der Waals surface area contributed by atoms with Gasteiger partial charge in [-0.1, -0.05) is 182 Å². The highest BCUT2D eigenvalue weighted by Gasteiger charge is 2.22. The van der Waals surface area contributed by atoms with Crippen LogP contribution in [0.1, 0.15) is 0 Å². The van der Waals surface area contributed by atoms with Crippen LogP contribution in [-0.2, 0) is 0 Å². The summed E-state index contributed by atoms with van der Waals surface area (Å²) in [7, 11) is 0. The van der Waals surface area contributed by atoms with Crippen LogP contribution >= 0.6 is 22.6 Å². The van der Waals surface area contributed by atoms with Gasteiger partial charge in [-0.3, -0.25) is 9.13 Å². The molecule has 0 amide bonds. The second-order valence-corrected chi connectivity index (χ2v) is 25.0. The van der Waals surface area contributed by atoms with Gasteiger partial charge in [0.05, 0.1) is 66.3 Å². The van der Waals surface area contributed by atoms with Gasteiger partial charge in [-0.2, -0.15) is 0 Å². The van der Waals surface area contributed by atoms with Gasteiger partial charge < -0.3 is 18.0 Å². The van der Waals surface area contributed by atoms with E-state index in [4.69, 9.17) is 13.8 Å². The van der Waals surface area contributed by atoms with E-state index >= 15 is 0 Å². The van der Waals surface area contributed by atoms with Gasteiger partial charge in [-0.05, 0) is 190 Å². The normalized spacial score (nSPS) is 11.6. The van der Waals surface area contributed by atoms with E-state index < -0.39 is 0 Å². The number of nitrogens with zero attached hydrogens (tertiary/aromatic N) is 6. The Bertz CT molecular complexity index is 6300. The van der Waals surface area contributed by atoms with Crippen molar-refractivity contribution in [3.8, 4) is 56.4 Å². The Morgan fingerprint density at radius 2 is 0.695 bits per heavy atom. The molecule has 0 N–H and O–H groups in total. The minimum absolute atomic E-state index is 0.854. The van der Waals surface area contributed by atoms with Crippen LogP contribution in [0.15, 0.2) is 343 Å². The van der Waals surface area contributed by atoms with Crippen molar-refractivity contribution in [2.24, 2.45) is 0 Å². The van der Waals surface area contributed by atoms with E-state index in [-0.39, 0.29) is 0 Å². The van der Waals surface area contributed by atoms with E-state index in [2.05, 4.69) is 319 Å². The third kappa shape index (κ3) is 9.65. The lowest BCUT2D eigenvalue weighted by molar-refractivity contribution is 0.668. The molecule has 0 spiro atoms. The van der Waals surface area contributed by atoms with Crippen LogP contribution < -0.4 is 0 Å². The van der Waals surface area contributed by atoms with Gasteiger partial charge in [0.15, 0.2) is 0 Å². The first kappa shape index (κ1) is 55.8. The maximum absolute atomic E-state index is 6.48. The van der Waals surface area contributed by atoms with E-state index in [0.717, 1.165) is 111 Å². The zero-order valence-electron chi connectivity index (χ0n) is 51.1. The lowest BCUT2D eigenvalue weighted by atomic mass is 10.00. The highest BCUT2D eigenvalue weighted by Crippen LogP contribution is 2.43. The number of benzene rings is 14. The summed E-state index contributed by atoms with van der Waals surface area (Å²) in [6, 6.07) is 115. The van der Waals surface area contributed by atoms with Crippen molar-refractivity contribution < 1.29 is 8.83 Å². The number of rotatable bonds is 7. The summed E-state index contributed by atoms with van der Waals surface area (Å²) < 4.78 is 23.2. The largest absolute Gasteiger partial charge is 0.456 e. The van der Waals surface area contributed by atoms with E-state index in [9.17, 15) is 0 Å². The third-order valence-electron chi connectivity index (χ3n) is 18.3. The van der Waals surface area contributed by atoms with Crippen molar-refractivity contribution in [2.45, 2.75) is 0 Å². The second-order valence-electron chi connectivity index (χ2n) is 23.8. The van der Waals surface area contributed by atoms with Crippen molar-refractivity contribution in [3.05, 3.63) is 337 Å².